The summed E-state index contributed by atoms with van der Waals surface area (Å²) in [5, 5.41) is 21.3. The van der Waals surface area contributed by atoms with Crippen LogP contribution in [-0.2, 0) is 16.1 Å². The molecule has 3 aromatic rings. The Kier molecular flexibility index (Phi) is 5.84. The number of esters is 1. The number of ether oxygens (including phenoxy) is 1. The Morgan fingerprint density at radius 2 is 2.07 bits per heavy atom. The van der Waals surface area contributed by atoms with Crippen LogP contribution >= 0.6 is 11.8 Å². The van der Waals surface area contributed by atoms with Crippen LogP contribution in [0.3, 0.4) is 0 Å². The van der Waals surface area contributed by atoms with Gasteiger partial charge in [0.25, 0.3) is 0 Å². The Labute approximate surface area is 161 Å². The van der Waals surface area contributed by atoms with Crippen LogP contribution in [0.25, 0.3) is 5.69 Å². The van der Waals surface area contributed by atoms with Crippen molar-refractivity contribution in [3.63, 3.8) is 0 Å². The molecule has 0 aliphatic carbocycles. The molecule has 136 valence electrons. The second-order valence-electron chi connectivity index (χ2n) is 5.88. The fraction of sp³-hybridized carbons (Fsp3) is 0.211. The van der Waals surface area contributed by atoms with Gasteiger partial charge in [-0.3, -0.25) is 4.79 Å². The normalized spacial score (nSPS) is 10.4. The molecule has 8 heteroatoms. The SMILES string of the molecule is Cc1ccc(C)c(-n2nnnc2SCC(=O)OCc2ccccc2C#N)c1. The molecule has 0 saturated heterocycles. The molecule has 0 amide bonds. The zero-order chi connectivity index (χ0) is 19.2. The van der Waals surface area contributed by atoms with E-state index in [1.807, 2.05) is 32.0 Å². The molecule has 0 aliphatic heterocycles. The van der Waals surface area contributed by atoms with E-state index in [1.165, 1.54) is 11.8 Å². The average Bonchev–Trinajstić information content (AvgIpc) is 3.15. The van der Waals surface area contributed by atoms with E-state index in [0.717, 1.165) is 16.8 Å². The number of nitrogens with zero attached hydrogens (tertiary/aromatic N) is 5. The summed E-state index contributed by atoms with van der Waals surface area (Å²) >= 11 is 1.20. The van der Waals surface area contributed by atoms with Crippen molar-refractivity contribution in [1.29, 1.82) is 5.26 Å². The number of carbonyl (C=O) groups is 1. The summed E-state index contributed by atoms with van der Waals surface area (Å²) < 4.78 is 6.88. The topological polar surface area (TPSA) is 93.7 Å². The number of tetrazole rings is 1. The summed E-state index contributed by atoms with van der Waals surface area (Å²) in [6, 6.07) is 15.1. The van der Waals surface area contributed by atoms with E-state index >= 15 is 0 Å². The van der Waals surface area contributed by atoms with Gasteiger partial charge in [-0.1, -0.05) is 42.1 Å². The Morgan fingerprint density at radius 1 is 1.26 bits per heavy atom. The quantitative estimate of drug-likeness (QED) is 0.480. The lowest BCUT2D eigenvalue weighted by molar-refractivity contribution is -0.141. The van der Waals surface area contributed by atoms with Crippen molar-refractivity contribution in [2.75, 3.05) is 5.75 Å². The maximum absolute atomic E-state index is 12.1. The first kappa shape index (κ1) is 18.6. The zero-order valence-corrected chi connectivity index (χ0v) is 15.7. The molecular formula is C19H17N5O2S. The van der Waals surface area contributed by atoms with Gasteiger partial charge < -0.3 is 4.74 Å². The number of benzene rings is 2. The van der Waals surface area contributed by atoms with Crippen LogP contribution in [0.2, 0.25) is 0 Å². The molecule has 0 unspecified atom stereocenters. The second kappa shape index (κ2) is 8.47. The largest absolute Gasteiger partial charge is 0.460 e. The minimum absolute atomic E-state index is 0.0606. The predicted molar refractivity (Wildman–Crippen MR) is 100 cm³/mol. The number of aryl methyl sites for hydroxylation is 2. The first-order valence-electron chi connectivity index (χ1n) is 8.21. The molecule has 1 heterocycles. The van der Waals surface area contributed by atoms with Gasteiger partial charge in [-0.05, 0) is 47.5 Å². The Bertz CT molecular complexity index is 1010. The Balaban J connectivity index is 1.63. The lowest BCUT2D eigenvalue weighted by atomic mass is 10.1. The number of hydrogen-bond acceptors (Lipinski definition) is 7. The first-order valence-corrected chi connectivity index (χ1v) is 9.19. The highest BCUT2D eigenvalue weighted by molar-refractivity contribution is 7.99. The van der Waals surface area contributed by atoms with Crippen molar-refractivity contribution in [2.45, 2.75) is 25.6 Å². The minimum atomic E-state index is -0.400. The monoisotopic (exact) mass is 379 g/mol. The summed E-state index contributed by atoms with van der Waals surface area (Å²) in [7, 11) is 0. The van der Waals surface area contributed by atoms with Crippen LogP contribution in [-0.4, -0.2) is 31.9 Å². The van der Waals surface area contributed by atoms with Gasteiger partial charge in [-0.2, -0.15) is 9.94 Å². The molecule has 0 atom stereocenters. The molecule has 0 fully saturated rings. The van der Waals surface area contributed by atoms with E-state index in [-0.39, 0.29) is 12.4 Å². The van der Waals surface area contributed by atoms with E-state index in [4.69, 9.17) is 10.00 Å². The highest BCUT2D eigenvalue weighted by atomic mass is 32.2. The molecule has 0 spiro atoms. The third-order valence-electron chi connectivity index (χ3n) is 3.88. The van der Waals surface area contributed by atoms with Gasteiger partial charge >= 0.3 is 5.97 Å². The van der Waals surface area contributed by atoms with Gasteiger partial charge in [0.05, 0.1) is 23.1 Å². The second-order valence-corrected chi connectivity index (χ2v) is 6.82. The Morgan fingerprint density at radius 3 is 2.89 bits per heavy atom. The molecular weight excluding hydrogens is 362 g/mol. The highest BCUT2D eigenvalue weighted by Gasteiger charge is 2.14. The first-order chi connectivity index (χ1) is 13.1. The molecule has 0 saturated carbocycles. The van der Waals surface area contributed by atoms with Crippen LogP contribution < -0.4 is 0 Å². The Hall–Kier alpha value is -3.18. The summed E-state index contributed by atoms with van der Waals surface area (Å²) in [6.07, 6.45) is 0. The maximum Gasteiger partial charge on any atom is 0.316 e. The van der Waals surface area contributed by atoms with Gasteiger partial charge in [-0.25, -0.2) is 0 Å². The van der Waals surface area contributed by atoms with Gasteiger partial charge in [-0.15, -0.1) is 5.10 Å². The number of aromatic nitrogens is 4. The fourth-order valence-corrected chi connectivity index (χ4v) is 3.13. The molecule has 27 heavy (non-hydrogen) atoms. The van der Waals surface area contributed by atoms with Crippen LogP contribution in [0.5, 0.6) is 0 Å². The van der Waals surface area contributed by atoms with E-state index in [0.29, 0.717) is 16.3 Å². The molecule has 1 aromatic heterocycles. The standard InChI is InChI=1S/C19H17N5O2S/c1-13-7-8-14(2)17(9-13)24-19(21-22-23-24)27-12-18(25)26-11-16-6-4-3-5-15(16)10-20/h3-9H,11-12H2,1-2H3. The number of nitriles is 1. The smallest absolute Gasteiger partial charge is 0.316 e. The van der Waals surface area contributed by atoms with Crippen LogP contribution in [0, 0.1) is 25.2 Å². The van der Waals surface area contributed by atoms with Crippen LogP contribution in [0.15, 0.2) is 47.6 Å². The summed E-state index contributed by atoms with van der Waals surface area (Å²) in [6.45, 7) is 4.04. The molecule has 0 N–H and O–H groups in total. The van der Waals surface area contributed by atoms with Crippen molar-refractivity contribution in [3.8, 4) is 11.8 Å². The van der Waals surface area contributed by atoms with Crippen molar-refractivity contribution in [2.24, 2.45) is 0 Å². The van der Waals surface area contributed by atoms with E-state index < -0.39 is 5.97 Å². The van der Waals surface area contributed by atoms with E-state index in [2.05, 4.69) is 21.6 Å². The molecule has 0 aliphatic rings. The molecule has 0 radical (unpaired) electrons. The van der Waals surface area contributed by atoms with Gasteiger partial charge in [0.2, 0.25) is 5.16 Å². The lowest BCUT2D eigenvalue weighted by Gasteiger charge is -2.09. The molecule has 0 bridgehead atoms. The third-order valence-corrected chi connectivity index (χ3v) is 4.77. The average molecular weight is 379 g/mol. The molecule has 2 aromatic carbocycles. The summed E-state index contributed by atoms with van der Waals surface area (Å²) in [4.78, 5) is 12.1. The number of carbonyl (C=O) groups excluding carboxylic acids is 1. The van der Waals surface area contributed by atoms with Crippen molar-refractivity contribution in [1.82, 2.24) is 20.2 Å². The van der Waals surface area contributed by atoms with Crippen LogP contribution in [0.4, 0.5) is 0 Å². The predicted octanol–water partition coefficient (Wildman–Crippen LogP) is 2.99. The summed E-state index contributed by atoms with van der Waals surface area (Å²) in [5.41, 5.74) is 4.18. The van der Waals surface area contributed by atoms with Gasteiger partial charge in [0, 0.05) is 5.56 Å². The molecule has 7 nitrogen and oxygen atoms in total. The van der Waals surface area contributed by atoms with E-state index in [1.54, 1.807) is 28.9 Å². The summed E-state index contributed by atoms with van der Waals surface area (Å²) in [5.74, 6) is -0.330. The van der Waals surface area contributed by atoms with Gasteiger partial charge in [0.15, 0.2) is 0 Å². The van der Waals surface area contributed by atoms with Crippen molar-refractivity contribution < 1.29 is 9.53 Å². The van der Waals surface area contributed by atoms with Crippen molar-refractivity contribution in [3.05, 3.63) is 64.7 Å². The van der Waals surface area contributed by atoms with Crippen molar-refractivity contribution >= 4 is 17.7 Å². The fourth-order valence-electron chi connectivity index (χ4n) is 2.45. The van der Waals surface area contributed by atoms with Crippen LogP contribution in [0.1, 0.15) is 22.3 Å². The van der Waals surface area contributed by atoms with E-state index in [9.17, 15) is 4.79 Å². The van der Waals surface area contributed by atoms with Gasteiger partial charge in [0.1, 0.15) is 6.61 Å². The minimum Gasteiger partial charge on any atom is -0.460 e. The number of thioether (sulfide) groups is 1. The lowest BCUT2D eigenvalue weighted by Crippen LogP contribution is -2.09. The number of rotatable bonds is 6. The third kappa shape index (κ3) is 4.51. The number of hydrogen-bond donors (Lipinski definition) is 0. The zero-order valence-electron chi connectivity index (χ0n) is 14.9. The maximum atomic E-state index is 12.1. The highest BCUT2D eigenvalue weighted by Crippen LogP contribution is 2.22. The molecule has 3 rings (SSSR count).